The van der Waals surface area contributed by atoms with Crippen molar-refractivity contribution in [2.45, 2.75) is 25.2 Å². The molecule has 2 aliphatic rings. The van der Waals surface area contributed by atoms with Gasteiger partial charge in [0, 0.05) is 25.1 Å². The molecule has 0 aromatic heterocycles. The second-order valence-electron chi connectivity index (χ2n) is 6.37. The molecule has 1 N–H and O–H groups in total. The molecule has 8 heteroatoms. The maximum Gasteiger partial charge on any atom is 0.416 e. The van der Waals surface area contributed by atoms with E-state index in [9.17, 15) is 13.2 Å². The average Bonchev–Trinajstić information content (AvgIpc) is 3.30. The molecule has 0 spiro atoms. The highest BCUT2D eigenvalue weighted by atomic mass is 19.4. The van der Waals surface area contributed by atoms with Gasteiger partial charge in [0.15, 0.2) is 11.5 Å². The summed E-state index contributed by atoms with van der Waals surface area (Å²) in [5.74, 6) is 1.39. The van der Waals surface area contributed by atoms with E-state index in [1.54, 1.807) is 6.07 Å². The first-order valence-corrected chi connectivity index (χ1v) is 8.48. The van der Waals surface area contributed by atoms with Crippen LogP contribution >= 0.6 is 0 Å². The molecule has 0 bridgehead atoms. The van der Waals surface area contributed by atoms with Gasteiger partial charge in [0.05, 0.1) is 11.3 Å². The molecule has 0 amide bonds. The fraction of sp³-hybridized carbons (Fsp3) is 0.316. The zero-order chi connectivity index (χ0) is 18.9. The topological polar surface area (TPSA) is 52.1 Å². The van der Waals surface area contributed by atoms with Crippen molar-refractivity contribution in [3.05, 3.63) is 59.2 Å². The molecule has 27 heavy (non-hydrogen) atoms. The van der Waals surface area contributed by atoms with Gasteiger partial charge in [-0.1, -0.05) is 23.4 Å². The van der Waals surface area contributed by atoms with E-state index in [2.05, 4.69) is 10.5 Å². The monoisotopic (exact) mass is 378 g/mol. The molecule has 2 aliphatic heterocycles. The molecule has 0 saturated heterocycles. The van der Waals surface area contributed by atoms with E-state index < -0.39 is 11.7 Å². The number of fused-ring (bicyclic) bond motifs is 1. The molecule has 142 valence electrons. The lowest BCUT2D eigenvalue weighted by atomic mass is 10.0. The van der Waals surface area contributed by atoms with Crippen LogP contribution in [0.15, 0.2) is 47.6 Å². The lowest BCUT2D eigenvalue weighted by Crippen LogP contribution is -2.26. The van der Waals surface area contributed by atoms with E-state index in [-0.39, 0.29) is 12.9 Å². The molecule has 0 aliphatic carbocycles. The Hall–Kier alpha value is -2.74. The predicted molar refractivity (Wildman–Crippen MR) is 91.7 cm³/mol. The van der Waals surface area contributed by atoms with Crippen LogP contribution in [0.25, 0.3) is 0 Å². The number of hydrogen-bond acceptors (Lipinski definition) is 5. The number of ether oxygens (including phenoxy) is 2. The van der Waals surface area contributed by atoms with E-state index in [4.69, 9.17) is 14.3 Å². The number of nitrogens with zero attached hydrogens (tertiary/aromatic N) is 1. The summed E-state index contributed by atoms with van der Waals surface area (Å²) in [4.78, 5) is 5.43. The van der Waals surface area contributed by atoms with Crippen LogP contribution in [0.4, 0.5) is 13.2 Å². The van der Waals surface area contributed by atoms with Crippen LogP contribution in [-0.2, 0) is 17.6 Å². The van der Waals surface area contributed by atoms with E-state index in [1.165, 1.54) is 6.07 Å². The molecule has 0 saturated carbocycles. The largest absolute Gasteiger partial charge is 0.454 e. The van der Waals surface area contributed by atoms with Gasteiger partial charge in [-0.25, -0.2) is 0 Å². The molecular formula is C19H17F3N2O3. The zero-order valence-corrected chi connectivity index (χ0v) is 14.3. The van der Waals surface area contributed by atoms with Crippen LogP contribution < -0.4 is 14.8 Å². The minimum atomic E-state index is -4.34. The number of rotatable bonds is 5. The third kappa shape index (κ3) is 4.00. The Morgan fingerprint density at radius 1 is 1.07 bits per heavy atom. The molecule has 2 heterocycles. The summed E-state index contributed by atoms with van der Waals surface area (Å²) in [6, 6.07) is 10.9. The number of benzene rings is 2. The fourth-order valence-electron chi connectivity index (χ4n) is 3.02. The quantitative estimate of drug-likeness (QED) is 0.862. The van der Waals surface area contributed by atoms with Crippen molar-refractivity contribution in [2.24, 2.45) is 5.16 Å². The molecule has 2 aromatic carbocycles. The van der Waals surface area contributed by atoms with Gasteiger partial charge in [0.2, 0.25) is 6.79 Å². The minimum Gasteiger partial charge on any atom is -0.454 e. The van der Waals surface area contributed by atoms with Crippen molar-refractivity contribution in [3.63, 3.8) is 0 Å². The summed E-state index contributed by atoms with van der Waals surface area (Å²) in [6.45, 7) is 1.01. The van der Waals surface area contributed by atoms with Crippen LogP contribution in [0.2, 0.25) is 0 Å². The van der Waals surface area contributed by atoms with Crippen LogP contribution in [0.5, 0.6) is 11.5 Å². The van der Waals surface area contributed by atoms with Crippen LogP contribution in [0.3, 0.4) is 0 Å². The van der Waals surface area contributed by atoms with Crippen molar-refractivity contribution in [1.82, 2.24) is 5.32 Å². The molecule has 4 rings (SSSR count). The lowest BCUT2D eigenvalue weighted by Gasteiger charge is -2.11. The molecule has 2 aromatic rings. The number of halogens is 3. The maximum atomic E-state index is 12.8. The highest BCUT2D eigenvalue weighted by Crippen LogP contribution is 2.33. The highest BCUT2D eigenvalue weighted by Gasteiger charge is 2.30. The van der Waals surface area contributed by atoms with E-state index >= 15 is 0 Å². The number of alkyl halides is 3. The Bertz CT molecular complexity index is 868. The Morgan fingerprint density at radius 3 is 2.78 bits per heavy atom. The highest BCUT2D eigenvalue weighted by molar-refractivity contribution is 6.01. The van der Waals surface area contributed by atoms with Crippen LogP contribution in [0.1, 0.15) is 23.1 Å². The van der Waals surface area contributed by atoms with Gasteiger partial charge in [-0.3, -0.25) is 0 Å². The molecule has 0 radical (unpaired) electrons. The van der Waals surface area contributed by atoms with Gasteiger partial charge < -0.3 is 19.6 Å². The Balaban J connectivity index is 1.29. The van der Waals surface area contributed by atoms with Gasteiger partial charge in [0.1, 0.15) is 6.10 Å². The first-order chi connectivity index (χ1) is 13.0. The number of oxime groups is 1. The van der Waals surface area contributed by atoms with E-state index in [1.807, 2.05) is 18.2 Å². The zero-order valence-electron chi connectivity index (χ0n) is 14.3. The molecule has 1 atom stereocenters. The third-order valence-corrected chi connectivity index (χ3v) is 4.39. The molecule has 0 fully saturated rings. The minimum absolute atomic E-state index is 0.170. The van der Waals surface area contributed by atoms with Crippen LogP contribution in [0, 0.1) is 0 Å². The summed E-state index contributed by atoms with van der Waals surface area (Å²) in [7, 11) is 0. The van der Waals surface area contributed by atoms with Crippen molar-refractivity contribution in [1.29, 1.82) is 0 Å². The molecular weight excluding hydrogens is 361 g/mol. The fourth-order valence-corrected chi connectivity index (χ4v) is 3.02. The summed E-state index contributed by atoms with van der Waals surface area (Å²) in [5, 5.41) is 7.24. The van der Waals surface area contributed by atoms with Gasteiger partial charge >= 0.3 is 6.18 Å². The molecule has 0 unspecified atom stereocenters. The smallest absolute Gasteiger partial charge is 0.416 e. The van der Waals surface area contributed by atoms with Crippen molar-refractivity contribution in [2.75, 3.05) is 13.3 Å². The first-order valence-electron chi connectivity index (χ1n) is 8.48. The van der Waals surface area contributed by atoms with Crippen LogP contribution in [-0.4, -0.2) is 25.2 Å². The summed E-state index contributed by atoms with van der Waals surface area (Å²) in [5.41, 5.74) is 1.63. The second kappa shape index (κ2) is 7.11. The molecule has 5 nitrogen and oxygen atoms in total. The van der Waals surface area contributed by atoms with Gasteiger partial charge in [-0.05, 0) is 29.8 Å². The maximum absolute atomic E-state index is 12.8. The first kappa shape index (κ1) is 17.7. The van der Waals surface area contributed by atoms with Gasteiger partial charge in [0.25, 0.3) is 0 Å². The van der Waals surface area contributed by atoms with Crippen molar-refractivity contribution >= 4 is 5.71 Å². The Morgan fingerprint density at radius 2 is 1.93 bits per heavy atom. The predicted octanol–water partition coefficient (Wildman–Crippen LogP) is 3.72. The normalized spacial score (nSPS) is 18.3. The van der Waals surface area contributed by atoms with E-state index in [0.29, 0.717) is 36.6 Å². The summed E-state index contributed by atoms with van der Waals surface area (Å²) in [6.07, 6.45) is -3.90. The second-order valence-corrected chi connectivity index (χ2v) is 6.37. The van der Waals surface area contributed by atoms with Crippen molar-refractivity contribution in [3.8, 4) is 11.5 Å². The van der Waals surface area contributed by atoms with Gasteiger partial charge in [-0.15, -0.1) is 0 Å². The lowest BCUT2D eigenvalue weighted by molar-refractivity contribution is -0.137. The Kier molecular flexibility index (Phi) is 4.65. The Labute approximate surface area is 153 Å². The SMILES string of the molecule is FC(F)(F)c1cccc(CNC[C@H]2CC(c3ccc4c(c3)OCO4)=NO2)c1. The number of nitrogens with one attached hydrogen (secondary N) is 1. The van der Waals surface area contributed by atoms with E-state index in [0.717, 1.165) is 23.4 Å². The average molecular weight is 378 g/mol. The van der Waals surface area contributed by atoms with Crippen molar-refractivity contribution < 1.29 is 27.5 Å². The third-order valence-electron chi connectivity index (χ3n) is 4.39. The van der Waals surface area contributed by atoms with Gasteiger partial charge in [-0.2, -0.15) is 13.2 Å². The summed E-state index contributed by atoms with van der Waals surface area (Å²) < 4.78 is 48.9. The standard InChI is InChI=1S/C19H17F3N2O3/c20-19(21,22)14-3-1-2-12(6-14)9-23-10-15-8-16(24-27-15)13-4-5-17-18(7-13)26-11-25-17/h1-7,15,23H,8-11H2/t15-/m1/s1. The summed E-state index contributed by atoms with van der Waals surface area (Å²) >= 11 is 0. The number of hydrogen-bond donors (Lipinski definition) is 1.